The van der Waals surface area contributed by atoms with Gasteiger partial charge < -0.3 is 9.72 Å². The summed E-state index contributed by atoms with van der Waals surface area (Å²) >= 11 is 0. The predicted molar refractivity (Wildman–Crippen MR) is 107 cm³/mol. The number of fused-ring (bicyclic) bond motifs is 1. The number of aromatic nitrogens is 1. The van der Waals surface area contributed by atoms with Crippen LogP contribution in [-0.4, -0.2) is 67.2 Å². The largest absolute Gasteiger partial charge is 0.379 e. The molecule has 1 atom stereocenters. The number of rotatable bonds is 4. The van der Waals surface area contributed by atoms with Gasteiger partial charge in [0.1, 0.15) is 0 Å². The third-order valence-corrected chi connectivity index (χ3v) is 8.32. The first kappa shape index (κ1) is 18.9. The average Bonchev–Trinajstić information content (AvgIpc) is 3.09. The first-order valence-corrected chi connectivity index (χ1v) is 11.3. The number of nitrogens with zero attached hydrogens (tertiary/aromatic N) is 2. The number of hydrogen-bond acceptors (Lipinski definition) is 4. The van der Waals surface area contributed by atoms with E-state index in [1.807, 2.05) is 0 Å². The van der Waals surface area contributed by atoms with Gasteiger partial charge in [-0.15, -0.1) is 0 Å². The molecule has 1 aromatic heterocycles. The highest BCUT2D eigenvalue weighted by Crippen LogP contribution is 2.25. The molecule has 0 radical (unpaired) electrons. The molecule has 2 saturated heterocycles. The summed E-state index contributed by atoms with van der Waals surface area (Å²) in [6.07, 6.45) is 1.67. The van der Waals surface area contributed by atoms with E-state index >= 15 is 0 Å². The molecule has 1 unspecified atom stereocenters. The second-order valence-electron chi connectivity index (χ2n) is 7.82. The molecular weight excluding hydrogens is 362 g/mol. The summed E-state index contributed by atoms with van der Waals surface area (Å²) in [5.74, 6) is 0. The van der Waals surface area contributed by atoms with Crippen LogP contribution in [0.2, 0.25) is 0 Å². The van der Waals surface area contributed by atoms with Gasteiger partial charge in [0.15, 0.2) is 0 Å². The number of morpholine rings is 1. The SMILES string of the molecule is Cc1ccc2[nH]c(CN3CCCC(S(=O)(=O)N4CCOCC4)C3)cc2c1C. The Balaban J connectivity index is 1.48. The maximum absolute atomic E-state index is 13.0. The molecule has 0 amide bonds. The Kier molecular flexibility index (Phi) is 5.29. The van der Waals surface area contributed by atoms with E-state index in [-0.39, 0.29) is 5.25 Å². The quantitative estimate of drug-likeness (QED) is 0.869. The van der Waals surface area contributed by atoms with Crippen molar-refractivity contribution in [1.29, 1.82) is 0 Å². The molecule has 3 heterocycles. The Hall–Kier alpha value is -1.41. The summed E-state index contributed by atoms with van der Waals surface area (Å²) in [5, 5.41) is 0.956. The lowest BCUT2D eigenvalue weighted by Crippen LogP contribution is -2.50. The molecule has 0 saturated carbocycles. The number of aryl methyl sites for hydroxylation is 2. The maximum Gasteiger partial charge on any atom is 0.218 e. The fourth-order valence-corrected chi connectivity index (χ4v) is 6.20. The van der Waals surface area contributed by atoms with E-state index in [9.17, 15) is 8.42 Å². The third kappa shape index (κ3) is 3.78. The van der Waals surface area contributed by atoms with Crippen molar-refractivity contribution in [2.45, 2.75) is 38.5 Å². The molecule has 4 rings (SSSR count). The van der Waals surface area contributed by atoms with Crippen molar-refractivity contribution >= 4 is 20.9 Å². The van der Waals surface area contributed by atoms with Crippen molar-refractivity contribution in [1.82, 2.24) is 14.2 Å². The predicted octanol–water partition coefficient (Wildman–Crippen LogP) is 2.41. The number of likely N-dealkylation sites (tertiary alicyclic amines) is 1. The van der Waals surface area contributed by atoms with Gasteiger partial charge in [0.25, 0.3) is 0 Å². The second kappa shape index (κ2) is 7.54. The number of nitrogens with one attached hydrogen (secondary N) is 1. The normalized spacial score (nSPS) is 23.1. The molecule has 2 aliphatic heterocycles. The lowest BCUT2D eigenvalue weighted by Gasteiger charge is -2.36. The van der Waals surface area contributed by atoms with Crippen molar-refractivity contribution in [3.63, 3.8) is 0 Å². The molecule has 0 aliphatic carbocycles. The number of H-pyrrole nitrogens is 1. The zero-order chi connectivity index (χ0) is 19.0. The van der Waals surface area contributed by atoms with Gasteiger partial charge in [0, 0.05) is 42.8 Å². The Labute approximate surface area is 161 Å². The van der Waals surface area contributed by atoms with Gasteiger partial charge in [-0.3, -0.25) is 4.90 Å². The van der Waals surface area contributed by atoms with E-state index in [4.69, 9.17) is 4.74 Å². The van der Waals surface area contributed by atoms with E-state index in [1.54, 1.807) is 4.31 Å². The van der Waals surface area contributed by atoms with E-state index < -0.39 is 10.0 Å². The van der Waals surface area contributed by atoms with Crippen LogP contribution in [0.5, 0.6) is 0 Å². The first-order chi connectivity index (χ1) is 12.9. The summed E-state index contributed by atoms with van der Waals surface area (Å²) in [6.45, 7) is 8.58. The summed E-state index contributed by atoms with van der Waals surface area (Å²) in [7, 11) is -3.25. The summed E-state index contributed by atoms with van der Waals surface area (Å²) in [6, 6.07) is 6.49. The maximum atomic E-state index is 13.0. The van der Waals surface area contributed by atoms with Crippen LogP contribution in [0.1, 0.15) is 29.7 Å². The van der Waals surface area contributed by atoms with Crippen molar-refractivity contribution < 1.29 is 13.2 Å². The van der Waals surface area contributed by atoms with Crippen LogP contribution in [0.3, 0.4) is 0 Å². The molecule has 2 aromatic rings. The van der Waals surface area contributed by atoms with Gasteiger partial charge in [-0.25, -0.2) is 8.42 Å². The van der Waals surface area contributed by atoms with Crippen molar-refractivity contribution in [2.75, 3.05) is 39.4 Å². The summed E-state index contributed by atoms with van der Waals surface area (Å²) in [4.78, 5) is 5.79. The van der Waals surface area contributed by atoms with Crippen LogP contribution in [0.15, 0.2) is 18.2 Å². The average molecular weight is 392 g/mol. The van der Waals surface area contributed by atoms with Crippen LogP contribution in [0.25, 0.3) is 10.9 Å². The summed E-state index contributed by atoms with van der Waals surface area (Å²) in [5.41, 5.74) is 4.91. The number of benzene rings is 1. The van der Waals surface area contributed by atoms with Gasteiger partial charge >= 0.3 is 0 Å². The Morgan fingerprint density at radius 2 is 1.96 bits per heavy atom. The fraction of sp³-hybridized carbons (Fsp3) is 0.600. The fourth-order valence-electron chi connectivity index (χ4n) is 4.25. The topological polar surface area (TPSA) is 65.6 Å². The summed E-state index contributed by atoms with van der Waals surface area (Å²) < 4.78 is 32.9. The van der Waals surface area contributed by atoms with Gasteiger partial charge in [-0.1, -0.05) is 6.07 Å². The molecule has 2 fully saturated rings. The highest BCUT2D eigenvalue weighted by molar-refractivity contribution is 7.89. The van der Waals surface area contributed by atoms with Crippen LogP contribution in [0, 0.1) is 13.8 Å². The molecule has 7 heteroatoms. The molecule has 0 bridgehead atoms. The molecule has 0 spiro atoms. The Morgan fingerprint density at radius 3 is 2.74 bits per heavy atom. The van der Waals surface area contributed by atoms with Gasteiger partial charge in [-0.05, 0) is 56.5 Å². The first-order valence-electron chi connectivity index (χ1n) is 9.82. The van der Waals surface area contributed by atoms with Crippen LogP contribution >= 0.6 is 0 Å². The third-order valence-electron chi connectivity index (χ3n) is 6.01. The number of sulfonamides is 1. The molecule has 2 aliphatic rings. The highest BCUT2D eigenvalue weighted by Gasteiger charge is 2.36. The minimum absolute atomic E-state index is 0.308. The van der Waals surface area contributed by atoms with Gasteiger partial charge in [0.2, 0.25) is 10.0 Å². The van der Waals surface area contributed by atoms with E-state index in [0.29, 0.717) is 32.8 Å². The number of aromatic amines is 1. The molecule has 27 heavy (non-hydrogen) atoms. The lowest BCUT2D eigenvalue weighted by atomic mass is 10.1. The number of hydrogen-bond donors (Lipinski definition) is 1. The zero-order valence-electron chi connectivity index (χ0n) is 16.2. The highest BCUT2D eigenvalue weighted by atomic mass is 32.2. The Morgan fingerprint density at radius 1 is 1.19 bits per heavy atom. The monoisotopic (exact) mass is 391 g/mol. The van der Waals surface area contributed by atoms with Crippen LogP contribution < -0.4 is 0 Å². The standard InChI is InChI=1S/C20H29N3O3S/c1-15-5-6-20-19(16(15)2)12-17(21-20)13-22-7-3-4-18(14-22)27(24,25)23-8-10-26-11-9-23/h5-6,12,18,21H,3-4,7-11,13-14H2,1-2H3. The minimum Gasteiger partial charge on any atom is -0.379 e. The van der Waals surface area contributed by atoms with Crippen molar-refractivity contribution in [2.24, 2.45) is 0 Å². The Bertz CT molecular complexity index is 916. The molecular formula is C20H29N3O3S. The van der Waals surface area contributed by atoms with E-state index in [0.717, 1.165) is 37.1 Å². The lowest BCUT2D eigenvalue weighted by molar-refractivity contribution is 0.0719. The van der Waals surface area contributed by atoms with Crippen molar-refractivity contribution in [3.05, 3.63) is 35.0 Å². The molecule has 6 nitrogen and oxygen atoms in total. The molecule has 148 valence electrons. The van der Waals surface area contributed by atoms with E-state index in [1.165, 1.54) is 16.5 Å². The molecule has 1 aromatic carbocycles. The number of piperidine rings is 1. The molecule has 1 N–H and O–H groups in total. The van der Waals surface area contributed by atoms with E-state index in [2.05, 4.69) is 41.9 Å². The van der Waals surface area contributed by atoms with Gasteiger partial charge in [0.05, 0.1) is 18.5 Å². The van der Waals surface area contributed by atoms with Gasteiger partial charge in [-0.2, -0.15) is 4.31 Å². The van der Waals surface area contributed by atoms with Crippen LogP contribution in [0.4, 0.5) is 0 Å². The zero-order valence-corrected chi connectivity index (χ0v) is 17.0. The van der Waals surface area contributed by atoms with Crippen LogP contribution in [-0.2, 0) is 21.3 Å². The second-order valence-corrected chi connectivity index (χ2v) is 10.0. The smallest absolute Gasteiger partial charge is 0.218 e. The minimum atomic E-state index is -3.25. The number of ether oxygens (including phenoxy) is 1. The van der Waals surface area contributed by atoms with Crippen molar-refractivity contribution in [3.8, 4) is 0 Å².